The second-order valence-electron chi connectivity index (χ2n) is 4.34. The molecule has 0 bridgehead atoms. The molecule has 0 saturated carbocycles. The molecule has 0 amide bonds. The molecule has 0 fully saturated rings. The van der Waals surface area contributed by atoms with E-state index in [9.17, 15) is 8.42 Å². The zero-order chi connectivity index (χ0) is 14.2. The Morgan fingerprint density at radius 3 is 2.05 bits per heavy atom. The van der Waals surface area contributed by atoms with Crippen LogP contribution < -0.4 is 4.41 Å². The van der Waals surface area contributed by atoms with E-state index >= 15 is 0 Å². The number of rotatable bonds is 2. The van der Waals surface area contributed by atoms with Gasteiger partial charge in [-0.05, 0) is 12.1 Å². The van der Waals surface area contributed by atoms with Gasteiger partial charge in [0.15, 0.2) is 5.84 Å². The molecule has 0 aromatic heterocycles. The lowest BCUT2D eigenvalue weighted by Gasteiger charge is -2.16. The molecule has 2 aromatic rings. The predicted octanol–water partition coefficient (Wildman–Crippen LogP) is 2.04. The molecule has 1 heterocycles. The van der Waals surface area contributed by atoms with Crippen molar-refractivity contribution in [3.8, 4) is 0 Å². The molecule has 3 rings (SSSR count). The van der Waals surface area contributed by atoms with Gasteiger partial charge in [-0.3, -0.25) is 0 Å². The van der Waals surface area contributed by atoms with Crippen LogP contribution in [0.1, 0.15) is 5.56 Å². The number of amidine groups is 1. The summed E-state index contributed by atoms with van der Waals surface area (Å²) in [6, 6.07) is 18.1. The summed E-state index contributed by atoms with van der Waals surface area (Å²) < 4.78 is 27.1. The van der Waals surface area contributed by atoms with Crippen molar-refractivity contribution in [2.24, 2.45) is 5.10 Å². The topological polar surface area (TPSA) is 53.0 Å². The molecule has 102 valence electrons. The van der Waals surface area contributed by atoms with Crippen LogP contribution in [0.25, 0.3) is 0 Å². The highest BCUT2D eigenvalue weighted by molar-refractivity contribution is 7.91. The van der Waals surface area contributed by atoms with Crippen molar-refractivity contribution in [2.45, 2.75) is 0 Å². The summed E-state index contributed by atoms with van der Waals surface area (Å²) in [7, 11) is -2.15. The van der Waals surface area contributed by atoms with E-state index in [4.69, 9.17) is 0 Å². The second kappa shape index (κ2) is 4.64. The molecule has 2 aromatic carbocycles. The van der Waals surface area contributed by atoms with E-state index in [1.807, 2.05) is 36.4 Å². The van der Waals surface area contributed by atoms with E-state index in [-0.39, 0.29) is 0 Å². The minimum absolute atomic E-state index is 0.412. The molecule has 0 N–H and O–H groups in total. The smallest absolute Gasteiger partial charge is 0.236 e. The number of benzene rings is 2. The molecule has 0 saturated heterocycles. The number of hydrogen-bond donors (Lipinski definition) is 0. The predicted molar refractivity (Wildman–Crippen MR) is 78.6 cm³/mol. The molecule has 5 nitrogen and oxygen atoms in total. The lowest BCUT2D eigenvalue weighted by atomic mass is 10.2. The number of anilines is 1. The van der Waals surface area contributed by atoms with Gasteiger partial charge in [-0.25, -0.2) is 4.31 Å². The molecule has 0 atom stereocenters. The first-order valence-corrected chi connectivity index (χ1v) is 7.48. The Labute approximate surface area is 117 Å². The largest absolute Gasteiger partial charge is 0.346 e. The van der Waals surface area contributed by atoms with E-state index in [0.29, 0.717) is 11.5 Å². The third-order valence-corrected chi connectivity index (χ3v) is 4.65. The fraction of sp³-hybridized carbons (Fsp3) is 0.0714. The summed E-state index contributed by atoms with van der Waals surface area (Å²) in [5.74, 6) is 0.412. The van der Waals surface area contributed by atoms with Crippen LogP contribution in [0.5, 0.6) is 0 Å². The Kier molecular flexibility index (Phi) is 2.94. The van der Waals surface area contributed by atoms with Gasteiger partial charge in [-0.1, -0.05) is 48.5 Å². The van der Waals surface area contributed by atoms with E-state index in [2.05, 4.69) is 5.10 Å². The lowest BCUT2D eigenvalue weighted by molar-refractivity contribution is 0.558. The number of para-hydroxylation sites is 1. The standard InChI is InChI=1S/C14H13N3O2S/c1-16-14(12-8-4-2-5-9-12)15-17(20(16,18)19)13-10-6-3-7-11-13/h2-11H,1H3. The first-order chi connectivity index (χ1) is 9.60. The number of hydrazone groups is 1. The average molecular weight is 287 g/mol. The van der Waals surface area contributed by atoms with Gasteiger partial charge in [0.1, 0.15) is 0 Å². The second-order valence-corrected chi connectivity index (χ2v) is 6.13. The first-order valence-electron chi connectivity index (χ1n) is 6.09. The Balaban J connectivity index is 2.10. The summed E-state index contributed by atoms with van der Waals surface area (Å²) in [6.07, 6.45) is 0. The Bertz CT molecular complexity index is 743. The fourth-order valence-corrected chi connectivity index (χ4v) is 3.16. The fourth-order valence-electron chi connectivity index (χ4n) is 2.00. The van der Waals surface area contributed by atoms with Gasteiger partial charge in [0.25, 0.3) is 0 Å². The summed E-state index contributed by atoms with van der Waals surface area (Å²) >= 11 is 0. The molecular weight excluding hydrogens is 274 g/mol. The van der Waals surface area contributed by atoms with Crippen LogP contribution in [0.4, 0.5) is 5.69 Å². The molecule has 1 aliphatic rings. The Morgan fingerprint density at radius 2 is 1.45 bits per heavy atom. The summed E-state index contributed by atoms with van der Waals surface area (Å²) in [5, 5.41) is 4.25. The van der Waals surface area contributed by atoms with Crippen LogP contribution in [0, 0.1) is 0 Å². The average Bonchev–Trinajstić information content (AvgIpc) is 2.72. The maximum atomic E-state index is 12.4. The normalized spacial score (nSPS) is 17.1. The maximum absolute atomic E-state index is 12.4. The van der Waals surface area contributed by atoms with Crippen LogP contribution in [0.2, 0.25) is 0 Å². The molecule has 20 heavy (non-hydrogen) atoms. The van der Waals surface area contributed by atoms with Crippen molar-refractivity contribution in [1.29, 1.82) is 0 Å². The van der Waals surface area contributed by atoms with Crippen molar-refractivity contribution in [1.82, 2.24) is 4.31 Å². The minimum Gasteiger partial charge on any atom is -0.236 e. The van der Waals surface area contributed by atoms with Gasteiger partial charge < -0.3 is 0 Å². The van der Waals surface area contributed by atoms with Crippen LogP contribution in [0.15, 0.2) is 65.8 Å². The van der Waals surface area contributed by atoms with Crippen LogP contribution >= 0.6 is 0 Å². The summed E-state index contributed by atoms with van der Waals surface area (Å²) in [6.45, 7) is 0. The van der Waals surface area contributed by atoms with Gasteiger partial charge >= 0.3 is 10.2 Å². The summed E-state index contributed by atoms with van der Waals surface area (Å²) in [5.41, 5.74) is 1.28. The number of hydrogen-bond acceptors (Lipinski definition) is 3. The SMILES string of the molecule is CN1C(c2ccccc2)=NN(c2ccccc2)S1(=O)=O. The molecule has 0 radical (unpaired) electrons. The Hall–Kier alpha value is -2.34. The van der Waals surface area contributed by atoms with Gasteiger partial charge in [0.2, 0.25) is 0 Å². The van der Waals surface area contributed by atoms with Gasteiger partial charge in [-0.15, -0.1) is 9.52 Å². The van der Waals surface area contributed by atoms with Gasteiger partial charge in [0, 0.05) is 12.6 Å². The molecule has 0 unspecified atom stereocenters. The minimum atomic E-state index is -3.65. The van der Waals surface area contributed by atoms with Gasteiger partial charge in [-0.2, -0.15) is 8.42 Å². The third kappa shape index (κ3) is 1.94. The van der Waals surface area contributed by atoms with Crippen LogP contribution in [-0.4, -0.2) is 25.6 Å². The highest BCUT2D eigenvalue weighted by atomic mass is 32.2. The monoisotopic (exact) mass is 287 g/mol. The Morgan fingerprint density at radius 1 is 0.900 bits per heavy atom. The van der Waals surface area contributed by atoms with E-state index < -0.39 is 10.2 Å². The maximum Gasteiger partial charge on any atom is 0.346 e. The number of nitrogens with zero attached hydrogens (tertiary/aromatic N) is 3. The highest BCUT2D eigenvalue weighted by Crippen LogP contribution is 2.27. The van der Waals surface area contributed by atoms with Crippen LogP contribution in [-0.2, 0) is 10.2 Å². The molecule has 0 aliphatic carbocycles. The van der Waals surface area contributed by atoms with E-state index in [0.717, 1.165) is 9.98 Å². The molecular formula is C14H13N3O2S. The van der Waals surface area contributed by atoms with Crippen molar-refractivity contribution >= 4 is 21.7 Å². The van der Waals surface area contributed by atoms with Crippen LogP contribution in [0.3, 0.4) is 0 Å². The summed E-state index contributed by atoms with van der Waals surface area (Å²) in [4.78, 5) is 0. The van der Waals surface area contributed by atoms with Crippen molar-refractivity contribution in [3.63, 3.8) is 0 Å². The van der Waals surface area contributed by atoms with Gasteiger partial charge in [0.05, 0.1) is 5.69 Å². The molecule has 6 heteroatoms. The van der Waals surface area contributed by atoms with Crippen molar-refractivity contribution < 1.29 is 8.42 Å². The molecule has 1 aliphatic heterocycles. The first kappa shape index (κ1) is 12.7. The molecule has 0 spiro atoms. The van der Waals surface area contributed by atoms with Crippen molar-refractivity contribution in [3.05, 3.63) is 66.2 Å². The van der Waals surface area contributed by atoms with E-state index in [1.165, 1.54) is 11.4 Å². The van der Waals surface area contributed by atoms with E-state index in [1.54, 1.807) is 24.3 Å². The lowest BCUT2D eigenvalue weighted by Crippen LogP contribution is -2.34. The zero-order valence-electron chi connectivity index (χ0n) is 10.8. The third-order valence-electron chi connectivity index (χ3n) is 3.06. The van der Waals surface area contributed by atoms with Crippen molar-refractivity contribution in [2.75, 3.05) is 11.5 Å². The zero-order valence-corrected chi connectivity index (χ0v) is 11.7. The highest BCUT2D eigenvalue weighted by Gasteiger charge is 2.37. The quantitative estimate of drug-likeness (QED) is 0.849.